The van der Waals surface area contributed by atoms with Gasteiger partial charge in [-0.05, 0) is 55.2 Å². The highest BCUT2D eigenvalue weighted by atomic mass is 32.2. The monoisotopic (exact) mass is 442 g/mol. The van der Waals surface area contributed by atoms with E-state index in [2.05, 4.69) is 22.0 Å². The molecule has 1 aromatic carbocycles. The lowest BCUT2D eigenvalue weighted by Crippen LogP contribution is -2.37. The normalized spacial score (nSPS) is 15.6. The highest BCUT2D eigenvalue weighted by Gasteiger charge is 2.28. The summed E-state index contributed by atoms with van der Waals surface area (Å²) in [5, 5.41) is 3.84. The zero-order chi connectivity index (χ0) is 21.8. The molecule has 31 heavy (non-hydrogen) atoms. The van der Waals surface area contributed by atoms with Crippen molar-refractivity contribution in [2.24, 2.45) is 5.92 Å². The maximum atomic E-state index is 12.8. The Balaban J connectivity index is 1.37. The number of hydrogen-bond donors (Lipinski definition) is 0. The predicted molar refractivity (Wildman–Crippen MR) is 110 cm³/mol. The highest BCUT2D eigenvalue weighted by molar-refractivity contribution is 7.89. The van der Waals surface area contributed by atoms with Crippen molar-refractivity contribution in [2.45, 2.75) is 31.3 Å². The minimum Gasteiger partial charge on any atom is -0.452 e. The van der Waals surface area contributed by atoms with Crippen LogP contribution in [-0.4, -0.2) is 46.9 Å². The quantitative estimate of drug-likeness (QED) is 0.535. The van der Waals surface area contributed by atoms with E-state index in [1.54, 1.807) is 24.5 Å². The number of rotatable bonds is 6. The fourth-order valence-corrected chi connectivity index (χ4v) is 4.74. The lowest BCUT2D eigenvalue weighted by atomic mass is 10.0. The minimum absolute atomic E-state index is 0.144. The molecule has 1 fully saturated rings. The standard InChI is InChI=1S/C21H22N4O5S/c1-15-8-11-25(12-9-15)31(27,28)18-6-4-16(5-7-18)21(26)29-14-19-23-20(24-30-19)17-3-2-10-22-13-17/h2-7,10,13,15H,8-9,11-12,14H2,1H3. The number of aromatic nitrogens is 3. The second kappa shape index (κ2) is 8.94. The molecular formula is C21H22N4O5S. The fourth-order valence-electron chi connectivity index (χ4n) is 3.27. The molecule has 3 aromatic rings. The van der Waals surface area contributed by atoms with Crippen LogP contribution < -0.4 is 0 Å². The minimum atomic E-state index is -3.56. The largest absolute Gasteiger partial charge is 0.452 e. The van der Waals surface area contributed by atoms with Crippen molar-refractivity contribution in [3.05, 3.63) is 60.2 Å². The first-order valence-corrected chi connectivity index (χ1v) is 11.4. The van der Waals surface area contributed by atoms with Gasteiger partial charge in [0.05, 0.1) is 10.5 Å². The Morgan fingerprint density at radius 1 is 1.19 bits per heavy atom. The molecule has 0 amide bonds. The summed E-state index contributed by atoms with van der Waals surface area (Å²) in [6.07, 6.45) is 4.93. The molecule has 1 aliphatic rings. The number of sulfonamides is 1. The van der Waals surface area contributed by atoms with E-state index in [4.69, 9.17) is 9.26 Å². The third-order valence-electron chi connectivity index (χ3n) is 5.18. The van der Waals surface area contributed by atoms with Crippen molar-refractivity contribution in [3.8, 4) is 11.4 Å². The van der Waals surface area contributed by atoms with Crippen LogP contribution in [0.1, 0.15) is 36.0 Å². The molecule has 1 aliphatic heterocycles. The summed E-state index contributed by atoms with van der Waals surface area (Å²) in [5.74, 6) is 0.409. The van der Waals surface area contributed by atoms with Gasteiger partial charge in [-0.1, -0.05) is 12.1 Å². The summed E-state index contributed by atoms with van der Waals surface area (Å²) < 4.78 is 37.4. The smallest absolute Gasteiger partial charge is 0.338 e. The van der Waals surface area contributed by atoms with E-state index < -0.39 is 16.0 Å². The number of benzene rings is 1. The lowest BCUT2D eigenvalue weighted by Gasteiger charge is -2.29. The molecule has 0 radical (unpaired) electrons. The number of esters is 1. The van der Waals surface area contributed by atoms with Gasteiger partial charge in [0.1, 0.15) is 0 Å². The van der Waals surface area contributed by atoms with Gasteiger partial charge in [0.25, 0.3) is 5.89 Å². The van der Waals surface area contributed by atoms with Crippen LogP contribution in [0.5, 0.6) is 0 Å². The summed E-state index contributed by atoms with van der Waals surface area (Å²) in [6, 6.07) is 9.27. The summed E-state index contributed by atoms with van der Waals surface area (Å²) in [5.41, 5.74) is 0.919. The van der Waals surface area contributed by atoms with Gasteiger partial charge in [-0.15, -0.1) is 0 Å². The van der Waals surface area contributed by atoms with E-state index in [1.807, 2.05) is 0 Å². The molecule has 2 aromatic heterocycles. The van der Waals surface area contributed by atoms with Gasteiger partial charge in [0.2, 0.25) is 15.8 Å². The Morgan fingerprint density at radius 3 is 2.61 bits per heavy atom. The van der Waals surface area contributed by atoms with Crippen LogP contribution in [0.2, 0.25) is 0 Å². The zero-order valence-electron chi connectivity index (χ0n) is 17.0. The van der Waals surface area contributed by atoms with Gasteiger partial charge in [0, 0.05) is 31.0 Å². The number of carbonyl (C=O) groups is 1. The molecule has 10 heteroatoms. The van der Waals surface area contributed by atoms with Crippen LogP contribution in [0.25, 0.3) is 11.4 Å². The maximum Gasteiger partial charge on any atom is 0.338 e. The molecule has 4 rings (SSSR count). The third-order valence-corrected chi connectivity index (χ3v) is 7.10. The Labute approximate surface area is 180 Å². The van der Waals surface area contributed by atoms with Crippen molar-refractivity contribution in [2.75, 3.05) is 13.1 Å². The highest BCUT2D eigenvalue weighted by Crippen LogP contribution is 2.24. The van der Waals surface area contributed by atoms with E-state index in [9.17, 15) is 13.2 Å². The molecule has 9 nitrogen and oxygen atoms in total. The number of ether oxygens (including phenoxy) is 1. The summed E-state index contributed by atoms with van der Waals surface area (Å²) in [4.78, 5) is 20.6. The summed E-state index contributed by atoms with van der Waals surface area (Å²) >= 11 is 0. The number of hydrogen-bond acceptors (Lipinski definition) is 8. The SMILES string of the molecule is CC1CCN(S(=O)(=O)c2ccc(C(=O)OCc3nc(-c4cccnc4)no3)cc2)CC1. The first-order chi connectivity index (χ1) is 14.9. The van der Waals surface area contributed by atoms with Crippen molar-refractivity contribution in [1.82, 2.24) is 19.4 Å². The molecule has 0 bridgehead atoms. The van der Waals surface area contributed by atoms with Crippen LogP contribution in [-0.2, 0) is 21.4 Å². The van der Waals surface area contributed by atoms with E-state index in [-0.39, 0.29) is 23.0 Å². The predicted octanol–water partition coefficient (Wildman–Crippen LogP) is 2.91. The molecule has 0 atom stereocenters. The summed E-state index contributed by atoms with van der Waals surface area (Å²) in [6.45, 7) is 2.95. The lowest BCUT2D eigenvalue weighted by molar-refractivity contribution is 0.0429. The molecule has 3 heterocycles. The number of carbonyl (C=O) groups excluding carboxylic acids is 1. The van der Waals surface area contributed by atoms with E-state index in [0.717, 1.165) is 12.8 Å². The Kier molecular flexibility index (Phi) is 6.10. The van der Waals surface area contributed by atoms with Gasteiger partial charge in [-0.3, -0.25) is 4.98 Å². The van der Waals surface area contributed by atoms with Gasteiger partial charge >= 0.3 is 5.97 Å². The van der Waals surface area contributed by atoms with Crippen LogP contribution in [0.15, 0.2) is 58.2 Å². The van der Waals surface area contributed by atoms with Gasteiger partial charge in [-0.25, -0.2) is 13.2 Å². The molecule has 0 aliphatic carbocycles. The second-order valence-corrected chi connectivity index (χ2v) is 9.38. The van der Waals surface area contributed by atoms with Crippen LogP contribution in [0.4, 0.5) is 0 Å². The topological polar surface area (TPSA) is 115 Å². The second-order valence-electron chi connectivity index (χ2n) is 7.44. The molecule has 0 spiro atoms. The molecular weight excluding hydrogens is 420 g/mol. The van der Waals surface area contributed by atoms with E-state index >= 15 is 0 Å². The Morgan fingerprint density at radius 2 is 1.94 bits per heavy atom. The first-order valence-electron chi connectivity index (χ1n) is 9.94. The zero-order valence-corrected chi connectivity index (χ0v) is 17.8. The van der Waals surface area contributed by atoms with Crippen molar-refractivity contribution < 1.29 is 22.5 Å². The van der Waals surface area contributed by atoms with Crippen LogP contribution in [0.3, 0.4) is 0 Å². The molecule has 1 saturated heterocycles. The molecule has 0 unspecified atom stereocenters. The van der Waals surface area contributed by atoms with Crippen LogP contribution >= 0.6 is 0 Å². The Bertz CT molecular complexity index is 1140. The van der Waals surface area contributed by atoms with Crippen LogP contribution in [0, 0.1) is 5.92 Å². The van der Waals surface area contributed by atoms with E-state index in [0.29, 0.717) is 30.4 Å². The molecule has 0 saturated carbocycles. The molecule has 0 N–H and O–H groups in total. The number of piperidine rings is 1. The first kappa shape index (κ1) is 21.1. The van der Waals surface area contributed by atoms with E-state index in [1.165, 1.54) is 28.6 Å². The number of pyridine rings is 1. The average Bonchev–Trinajstić information content (AvgIpc) is 3.27. The summed E-state index contributed by atoms with van der Waals surface area (Å²) in [7, 11) is -3.56. The van der Waals surface area contributed by atoms with Gasteiger partial charge in [-0.2, -0.15) is 9.29 Å². The van der Waals surface area contributed by atoms with Crippen molar-refractivity contribution in [3.63, 3.8) is 0 Å². The molecule has 162 valence electrons. The van der Waals surface area contributed by atoms with Gasteiger partial charge < -0.3 is 9.26 Å². The maximum absolute atomic E-state index is 12.8. The Hall–Kier alpha value is -3.11. The fraction of sp³-hybridized carbons (Fsp3) is 0.333. The number of nitrogens with zero attached hydrogens (tertiary/aromatic N) is 4. The average molecular weight is 442 g/mol. The van der Waals surface area contributed by atoms with Gasteiger partial charge in [0.15, 0.2) is 6.61 Å². The van der Waals surface area contributed by atoms with Crippen molar-refractivity contribution >= 4 is 16.0 Å². The third kappa shape index (κ3) is 4.80. The van der Waals surface area contributed by atoms with Crippen molar-refractivity contribution in [1.29, 1.82) is 0 Å².